The van der Waals surface area contributed by atoms with Gasteiger partial charge in [0.1, 0.15) is 0 Å². The number of amides is 1. The van der Waals surface area contributed by atoms with Gasteiger partial charge in [0.2, 0.25) is 15.9 Å². The van der Waals surface area contributed by atoms with Crippen molar-refractivity contribution in [2.75, 3.05) is 24.7 Å². The second-order valence-corrected chi connectivity index (χ2v) is 12.5. The van der Waals surface area contributed by atoms with Crippen molar-refractivity contribution in [2.24, 2.45) is 5.92 Å². The van der Waals surface area contributed by atoms with E-state index in [9.17, 15) is 21.6 Å². The van der Waals surface area contributed by atoms with E-state index in [1.54, 1.807) is 12.4 Å². The van der Waals surface area contributed by atoms with Gasteiger partial charge in [-0.05, 0) is 49.2 Å². The lowest BCUT2D eigenvalue weighted by molar-refractivity contribution is -0.120. The molecule has 2 aromatic heterocycles. The molecule has 0 bridgehead atoms. The number of hydrogen-bond donors (Lipinski definition) is 1. The Balaban J connectivity index is 1.36. The lowest BCUT2D eigenvalue weighted by atomic mass is 9.97. The van der Waals surface area contributed by atoms with E-state index < -0.39 is 19.9 Å². The van der Waals surface area contributed by atoms with Crippen LogP contribution in [0.4, 0.5) is 5.13 Å². The molecule has 33 heavy (non-hydrogen) atoms. The first-order chi connectivity index (χ1) is 15.6. The van der Waals surface area contributed by atoms with E-state index in [0.29, 0.717) is 18.0 Å². The number of thiazole rings is 1. The summed E-state index contributed by atoms with van der Waals surface area (Å²) in [4.78, 5) is 21.2. The Morgan fingerprint density at radius 2 is 1.61 bits per heavy atom. The van der Waals surface area contributed by atoms with Crippen LogP contribution in [0.25, 0.3) is 11.3 Å². The van der Waals surface area contributed by atoms with Gasteiger partial charge in [-0.25, -0.2) is 21.8 Å². The summed E-state index contributed by atoms with van der Waals surface area (Å²) in [7, 11) is -7.18. The number of sulfonamides is 1. The number of nitrogens with zero attached hydrogens (tertiary/aromatic N) is 3. The maximum atomic E-state index is 12.9. The van der Waals surface area contributed by atoms with Gasteiger partial charge in [-0.2, -0.15) is 4.31 Å². The molecule has 0 aliphatic carbocycles. The molecule has 174 valence electrons. The largest absolute Gasteiger partial charge is 0.302 e. The number of nitrogens with one attached hydrogen (secondary N) is 1. The van der Waals surface area contributed by atoms with Crippen molar-refractivity contribution >= 4 is 42.2 Å². The van der Waals surface area contributed by atoms with Gasteiger partial charge in [0.25, 0.3) is 0 Å². The van der Waals surface area contributed by atoms with Crippen LogP contribution in [0.1, 0.15) is 12.8 Å². The molecule has 0 saturated carbocycles. The zero-order valence-corrected chi connectivity index (χ0v) is 20.2. The van der Waals surface area contributed by atoms with Crippen LogP contribution in [0.3, 0.4) is 0 Å². The smallest absolute Gasteiger partial charge is 0.243 e. The summed E-state index contributed by atoms with van der Waals surface area (Å²) in [6, 6.07) is 8.85. The molecule has 1 aromatic carbocycles. The van der Waals surface area contributed by atoms with E-state index in [2.05, 4.69) is 15.3 Å². The van der Waals surface area contributed by atoms with Gasteiger partial charge < -0.3 is 5.32 Å². The molecule has 3 heterocycles. The van der Waals surface area contributed by atoms with E-state index >= 15 is 0 Å². The summed E-state index contributed by atoms with van der Waals surface area (Å²) in [6.45, 7) is 0.406. The maximum absolute atomic E-state index is 12.9. The summed E-state index contributed by atoms with van der Waals surface area (Å²) in [5.74, 6) is -0.502. The monoisotopic (exact) mass is 506 g/mol. The Hall–Kier alpha value is -2.67. The Kier molecular flexibility index (Phi) is 6.61. The second kappa shape index (κ2) is 9.29. The van der Waals surface area contributed by atoms with Crippen molar-refractivity contribution in [3.05, 3.63) is 54.2 Å². The molecule has 9 nitrogen and oxygen atoms in total. The lowest BCUT2D eigenvalue weighted by Crippen LogP contribution is -2.41. The number of hydrogen-bond acceptors (Lipinski definition) is 8. The highest BCUT2D eigenvalue weighted by molar-refractivity contribution is 7.90. The zero-order valence-electron chi connectivity index (χ0n) is 17.7. The molecule has 1 fully saturated rings. The highest BCUT2D eigenvalue weighted by Gasteiger charge is 2.32. The Morgan fingerprint density at radius 3 is 2.21 bits per heavy atom. The number of aromatic nitrogens is 2. The summed E-state index contributed by atoms with van der Waals surface area (Å²) in [5, 5.41) is 5.19. The highest BCUT2D eigenvalue weighted by Crippen LogP contribution is 2.28. The van der Waals surface area contributed by atoms with Crippen LogP contribution in [-0.2, 0) is 24.7 Å². The quantitative estimate of drug-likeness (QED) is 0.545. The summed E-state index contributed by atoms with van der Waals surface area (Å²) < 4.78 is 50.4. The molecule has 1 aliphatic heterocycles. The van der Waals surface area contributed by atoms with Crippen molar-refractivity contribution in [2.45, 2.75) is 22.6 Å². The number of carbonyl (C=O) groups is 1. The summed E-state index contributed by atoms with van der Waals surface area (Å²) in [5.41, 5.74) is 1.66. The number of rotatable bonds is 6. The molecule has 4 rings (SSSR count). The average Bonchev–Trinajstić information content (AvgIpc) is 3.28. The third kappa shape index (κ3) is 5.29. The fraction of sp³-hybridized carbons (Fsp3) is 0.286. The predicted octanol–water partition coefficient (Wildman–Crippen LogP) is 2.65. The molecule has 0 radical (unpaired) electrons. The number of benzene rings is 1. The zero-order chi connectivity index (χ0) is 23.6. The topological polar surface area (TPSA) is 126 Å². The SMILES string of the molecule is CS(=O)(=O)c1ccc(S(=O)(=O)N2CCC(C(=O)Nc3nc(-c4ccncc4)cs3)CC2)cc1. The van der Waals surface area contributed by atoms with Gasteiger partial charge in [-0.1, -0.05) is 0 Å². The third-order valence-corrected chi connectivity index (χ3v) is 9.22. The van der Waals surface area contributed by atoms with E-state index in [4.69, 9.17) is 0 Å². The number of anilines is 1. The van der Waals surface area contributed by atoms with Crippen LogP contribution in [0.5, 0.6) is 0 Å². The van der Waals surface area contributed by atoms with Gasteiger partial charge >= 0.3 is 0 Å². The van der Waals surface area contributed by atoms with Gasteiger partial charge in [0.05, 0.1) is 15.5 Å². The standard InChI is InChI=1S/C21H22N4O5S3/c1-32(27,28)17-2-4-18(5-3-17)33(29,30)25-12-8-16(9-13-25)20(26)24-21-23-19(14-31-21)15-6-10-22-11-7-15/h2-7,10-11,14,16H,8-9,12-13H2,1H3,(H,23,24,26). The van der Waals surface area contributed by atoms with Crippen LogP contribution >= 0.6 is 11.3 Å². The minimum Gasteiger partial charge on any atom is -0.302 e. The Bertz CT molecular complexity index is 1350. The van der Waals surface area contributed by atoms with Gasteiger partial charge in [-0.15, -0.1) is 11.3 Å². The molecule has 0 unspecified atom stereocenters. The number of carbonyl (C=O) groups excluding carboxylic acids is 1. The number of pyridine rings is 1. The second-order valence-electron chi connectivity index (χ2n) is 7.68. The number of piperidine rings is 1. The maximum Gasteiger partial charge on any atom is 0.243 e. The van der Waals surface area contributed by atoms with Crippen molar-refractivity contribution in [3.8, 4) is 11.3 Å². The molecule has 0 atom stereocenters. The highest BCUT2D eigenvalue weighted by atomic mass is 32.2. The first kappa shape index (κ1) is 23.5. The number of sulfone groups is 1. The first-order valence-electron chi connectivity index (χ1n) is 10.1. The minimum atomic E-state index is -3.77. The molecule has 1 N–H and O–H groups in total. The van der Waals surface area contributed by atoms with Crippen LogP contribution < -0.4 is 5.32 Å². The van der Waals surface area contributed by atoms with E-state index in [1.807, 2.05) is 17.5 Å². The molecular weight excluding hydrogens is 484 g/mol. The summed E-state index contributed by atoms with van der Waals surface area (Å²) in [6.07, 6.45) is 5.19. The van der Waals surface area contributed by atoms with Crippen LogP contribution in [0.2, 0.25) is 0 Å². The fourth-order valence-corrected chi connectivity index (χ4v) is 6.38. The average molecular weight is 507 g/mol. The van der Waals surface area contributed by atoms with Crippen LogP contribution in [0, 0.1) is 5.92 Å². The lowest BCUT2D eigenvalue weighted by Gasteiger charge is -2.30. The molecule has 3 aromatic rings. The van der Waals surface area contributed by atoms with Crippen LogP contribution in [-0.4, -0.2) is 56.4 Å². The van der Waals surface area contributed by atoms with E-state index in [0.717, 1.165) is 17.5 Å². The van der Waals surface area contributed by atoms with Gasteiger partial charge in [-0.3, -0.25) is 9.78 Å². The Labute approximate surface area is 196 Å². The molecule has 0 spiro atoms. The van der Waals surface area contributed by atoms with Crippen molar-refractivity contribution in [1.29, 1.82) is 0 Å². The molecular formula is C21H22N4O5S3. The van der Waals surface area contributed by atoms with E-state index in [1.165, 1.54) is 39.9 Å². The molecule has 1 aliphatic rings. The normalized spacial score (nSPS) is 15.9. The molecule has 1 saturated heterocycles. The van der Waals surface area contributed by atoms with Crippen LogP contribution in [0.15, 0.2) is 64.0 Å². The minimum absolute atomic E-state index is 0.0317. The van der Waals surface area contributed by atoms with E-state index in [-0.39, 0.29) is 34.7 Å². The van der Waals surface area contributed by atoms with Crippen molar-refractivity contribution < 1.29 is 21.6 Å². The first-order valence-corrected chi connectivity index (χ1v) is 14.3. The Morgan fingerprint density at radius 1 is 1.00 bits per heavy atom. The van der Waals surface area contributed by atoms with Crippen molar-refractivity contribution in [3.63, 3.8) is 0 Å². The summed E-state index contributed by atoms with van der Waals surface area (Å²) >= 11 is 1.33. The third-order valence-electron chi connectivity index (χ3n) is 5.42. The molecule has 1 amide bonds. The van der Waals surface area contributed by atoms with Crippen molar-refractivity contribution in [1.82, 2.24) is 14.3 Å². The fourth-order valence-electron chi connectivity index (χ4n) is 3.56. The van der Waals surface area contributed by atoms with Gasteiger partial charge in [0.15, 0.2) is 15.0 Å². The molecule has 12 heteroatoms. The predicted molar refractivity (Wildman–Crippen MR) is 125 cm³/mol. The van der Waals surface area contributed by atoms with Gasteiger partial charge in [0, 0.05) is 48.6 Å².